The van der Waals surface area contributed by atoms with Crippen LogP contribution in [0.4, 0.5) is 9.59 Å². The lowest BCUT2D eigenvalue weighted by molar-refractivity contribution is -0.139. The number of ether oxygens (including phenoxy) is 2. The van der Waals surface area contributed by atoms with Crippen molar-refractivity contribution in [3.05, 3.63) is 0 Å². The summed E-state index contributed by atoms with van der Waals surface area (Å²) >= 11 is 0. The molecule has 286 valence electrons. The van der Waals surface area contributed by atoms with E-state index in [4.69, 9.17) is 11.5 Å². The van der Waals surface area contributed by atoms with Crippen LogP contribution in [0.3, 0.4) is 0 Å². The monoisotopic (exact) mass is 716 g/mol. The quantitative estimate of drug-likeness (QED) is 0.0382. The normalized spacial score (nSPS) is 12.3. The summed E-state index contributed by atoms with van der Waals surface area (Å²) in [6, 6.07) is -2.04. The first-order chi connectivity index (χ1) is 23.8. The molecule has 20 heteroatoms. The van der Waals surface area contributed by atoms with E-state index in [9.17, 15) is 38.4 Å². The smallest absolute Gasteiger partial charge is 0.407 e. The molecule has 0 rings (SSSR count). The van der Waals surface area contributed by atoms with Gasteiger partial charge >= 0.3 is 12.2 Å². The lowest BCUT2D eigenvalue weighted by Gasteiger charge is -2.23. The van der Waals surface area contributed by atoms with Crippen LogP contribution in [0.5, 0.6) is 0 Å². The Labute approximate surface area is 292 Å². The third kappa shape index (κ3) is 21.3. The van der Waals surface area contributed by atoms with Crippen LogP contribution in [0, 0.1) is 0 Å². The highest BCUT2D eigenvalue weighted by Crippen LogP contribution is 2.04. The average molecular weight is 717 g/mol. The number of rotatable bonds is 27. The lowest BCUT2D eigenvalue weighted by atomic mass is 10.1. The number of unbranched alkanes of at least 4 members (excludes halogenated alkanes) is 2. The van der Waals surface area contributed by atoms with Crippen molar-refractivity contribution in [2.45, 2.75) is 75.9 Å². The van der Waals surface area contributed by atoms with Crippen molar-refractivity contribution < 1.29 is 47.8 Å². The van der Waals surface area contributed by atoms with E-state index in [0.717, 1.165) is 12.0 Å². The summed E-state index contributed by atoms with van der Waals surface area (Å²) < 4.78 is 9.09. The molecule has 0 saturated heterocycles. The molecule has 0 aromatic heterocycles. The van der Waals surface area contributed by atoms with Crippen molar-refractivity contribution in [3.63, 3.8) is 0 Å². The zero-order valence-electron chi connectivity index (χ0n) is 29.5. The number of nitrogens with one attached hydrogen (secondary N) is 7. The van der Waals surface area contributed by atoms with Gasteiger partial charge in [0.25, 0.3) is 0 Å². The van der Waals surface area contributed by atoms with E-state index in [1.165, 1.54) is 7.11 Å². The number of primary amides is 2. The van der Waals surface area contributed by atoms with Crippen LogP contribution >= 0.6 is 0 Å². The van der Waals surface area contributed by atoms with Crippen molar-refractivity contribution in [1.82, 2.24) is 42.1 Å². The fourth-order valence-corrected chi connectivity index (χ4v) is 4.56. The Balaban J connectivity index is 5.22. The molecule has 0 heterocycles. The molecule has 0 aliphatic heterocycles. The van der Waals surface area contributed by atoms with Gasteiger partial charge in [-0.25, -0.2) is 9.59 Å². The van der Waals surface area contributed by atoms with E-state index >= 15 is 0 Å². The lowest BCUT2D eigenvalue weighted by Crippen LogP contribution is -2.49. The van der Waals surface area contributed by atoms with Crippen LogP contribution < -0.4 is 48.7 Å². The highest BCUT2D eigenvalue weighted by atomic mass is 16.5. The van der Waals surface area contributed by atoms with Gasteiger partial charge in [0.05, 0.1) is 26.3 Å². The van der Waals surface area contributed by atoms with E-state index in [1.807, 2.05) is 0 Å². The highest BCUT2D eigenvalue weighted by molar-refractivity contribution is 5.90. The van der Waals surface area contributed by atoms with Crippen molar-refractivity contribution in [2.75, 3.05) is 67.6 Å². The highest BCUT2D eigenvalue weighted by Gasteiger charge is 2.23. The fourth-order valence-electron chi connectivity index (χ4n) is 4.56. The summed E-state index contributed by atoms with van der Waals surface area (Å²) in [7, 11) is 5.60. The Morgan fingerprint density at radius 2 is 1.04 bits per heavy atom. The molecule has 0 aliphatic rings. The first kappa shape index (κ1) is 45.3. The van der Waals surface area contributed by atoms with Gasteiger partial charge < -0.3 is 63.1 Å². The summed E-state index contributed by atoms with van der Waals surface area (Å²) in [5, 5.41) is 18.5. The summed E-state index contributed by atoms with van der Waals surface area (Å²) in [6.45, 7) is -0.290. The Hall–Kier alpha value is -4.72. The van der Waals surface area contributed by atoms with Gasteiger partial charge in [0.1, 0.15) is 19.1 Å². The van der Waals surface area contributed by atoms with Gasteiger partial charge in [-0.2, -0.15) is 0 Å². The maximum absolute atomic E-state index is 13.2. The number of likely N-dealkylation sites (N-methyl/N-ethyl adjacent to an activating group) is 2. The Bertz CT molecular complexity index is 1110. The second-order valence-corrected chi connectivity index (χ2v) is 11.2. The average Bonchev–Trinajstić information content (AvgIpc) is 3.07. The second kappa shape index (κ2) is 27.1. The van der Waals surface area contributed by atoms with Crippen LogP contribution in [0.15, 0.2) is 0 Å². The molecule has 0 bridgehead atoms. The number of nitrogens with zero attached hydrogens (tertiary/aromatic N) is 1. The molecular formula is C30H56N10O10. The van der Waals surface area contributed by atoms with Crippen LogP contribution in [0.25, 0.3) is 0 Å². The SMILES string of the molecule is CNC(CCCCNC(=O)CN(CC(=O)NCCCC(NC)C(N)=O)C(=O)CCNC(=O)[C@H](CCCCNC(=O)OC)NC(=O)OC)C(N)=O. The summed E-state index contributed by atoms with van der Waals surface area (Å²) in [5.74, 6) is -3.23. The molecule has 0 aliphatic carbocycles. The van der Waals surface area contributed by atoms with Crippen LogP contribution in [-0.4, -0.2) is 138 Å². The minimum atomic E-state index is -0.994. The zero-order valence-corrected chi connectivity index (χ0v) is 29.5. The van der Waals surface area contributed by atoms with Crippen molar-refractivity contribution in [1.29, 1.82) is 0 Å². The minimum absolute atomic E-state index is 0.161. The molecule has 0 radical (unpaired) electrons. The summed E-state index contributed by atoms with van der Waals surface area (Å²) in [4.78, 5) is 98.2. The maximum atomic E-state index is 13.2. The molecular weight excluding hydrogens is 660 g/mol. The molecule has 0 saturated carbocycles. The molecule has 0 aromatic carbocycles. The van der Waals surface area contributed by atoms with Crippen molar-refractivity contribution in [3.8, 4) is 0 Å². The maximum Gasteiger partial charge on any atom is 0.407 e. The van der Waals surface area contributed by atoms with Crippen LogP contribution in [0.2, 0.25) is 0 Å². The number of hydrogen-bond donors (Lipinski definition) is 9. The van der Waals surface area contributed by atoms with Gasteiger partial charge in [-0.05, 0) is 65.5 Å². The van der Waals surface area contributed by atoms with Gasteiger partial charge in [0.15, 0.2) is 0 Å². The standard InChI is InChI=1S/C30H56N10O10/c1-33-20(26(31)44)10-5-7-14-35-23(41)18-40(19-24(42)36-16-9-12-21(34-2)27(32)45)25(43)13-17-37-28(46)22(39-30(48)50-4)11-6-8-15-38-29(47)49-3/h20-22,33-34H,5-19H2,1-4H3,(H2,31,44)(H2,32,45)(H,35,41)(H,36,42)(H,37,46)(H,38,47)(H,39,48)/t20?,21?,22-/m0/s1. The Kier molecular flexibility index (Phi) is 24.6. The van der Waals surface area contributed by atoms with E-state index in [1.54, 1.807) is 14.1 Å². The number of alkyl carbamates (subject to hydrolysis) is 2. The van der Waals surface area contributed by atoms with Gasteiger partial charge in [0, 0.05) is 32.6 Å². The van der Waals surface area contributed by atoms with Crippen molar-refractivity contribution in [2.24, 2.45) is 11.5 Å². The van der Waals surface area contributed by atoms with E-state index in [2.05, 4.69) is 46.7 Å². The molecule has 8 amide bonds. The topological polar surface area (TPSA) is 295 Å². The molecule has 0 fully saturated rings. The van der Waals surface area contributed by atoms with E-state index in [0.29, 0.717) is 51.5 Å². The number of amides is 8. The third-order valence-corrected chi connectivity index (χ3v) is 7.45. The summed E-state index contributed by atoms with van der Waals surface area (Å²) in [6.07, 6.45) is 1.88. The second-order valence-electron chi connectivity index (χ2n) is 11.2. The molecule has 0 aromatic rings. The minimum Gasteiger partial charge on any atom is -0.453 e. The predicted octanol–water partition coefficient (Wildman–Crippen LogP) is -3.10. The molecule has 0 spiro atoms. The van der Waals surface area contributed by atoms with Crippen molar-refractivity contribution >= 4 is 47.6 Å². The Morgan fingerprint density at radius 3 is 1.52 bits per heavy atom. The molecule has 3 atom stereocenters. The van der Waals surface area contributed by atoms with E-state index < -0.39 is 78.8 Å². The molecule has 20 nitrogen and oxygen atoms in total. The van der Waals surface area contributed by atoms with Gasteiger partial charge in [-0.15, -0.1) is 0 Å². The fraction of sp³-hybridized carbons (Fsp3) is 0.733. The van der Waals surface area contributed by atoms with Gasteiger partial charge in [-0.3, -0.25) is 28.8 Å². The number of hydrogen-bond acceptors (Lipinski definition) is 12. The van der Waals surface area contributed by atoms with Crippen LogP contribution in [-0.2, 0) is 38.2 Å². The Morgan fingerprint density at radius 1 is 0.580 bits per heavy atom. The number of carbonyl (C=O) groups is 8. The largest absolute Gasteiger partial charge is 0.453 e. The van der Waals surface area contributed by atoms with Gasteiger partial charge in [0.2, 0.25) is 35.4 Å². The number of methoxy groups -OCH3 is 2. The summed E-state index contributed by atoms with van der Waals surface area (Å²) in [5.41, 5.74) is 10.6. The van der Waals surface area contributed by atoms with Gasteiger partial charge in [-0.1, -0.05) is 0 Å². The molecule has 11 N–H and O–H groups in total. The van der Waals surface area contributed by atoms with Crippen LogP contribution in [0.1, 0.15) is 57.8 Å². The number of carbonyl (C=O) groups excluding carboxylic acids is 8. The first-order valence-electron chi connectivity index (χ1n) is 16.5. The number of nitrogens with two attached hydrogens (primary N) is 2. The molecule has 2 unspecified atom stereocenters. The van der Waals surface area contributed by atoms with E-state index in [-0.39, 0.29) is 32.5 Å². The third-order valence-electron chi connectivity index (χ3n) is 7.45. The zero-order chi connectivity index (χ0) is 37.9. The first-order valence-corrected chi connectivity index (χ1v) is 16.5. The molecule has 50 heavy (non-hydrogen) atoms. The predicted molar refractivity (Wildman–Crippen MR) is 181 cm³/mol.